The second kappa shape index (κ2) is 7.77. The number of carbonyl (C=O) groups excluding carboxylic acids is 1. The van der Waals surface area contributed by atoms with E-state index in [9.17, 15) is 4.79 Å². The zero-order valence-electron chi connectivity index (χ0n) is 12.3. The van der Waals surface area contributed by atoms with E-state index >= 15 is 0 Å². The number of hydrogen-bond donors (Lipinski definition) is 2. The van der Waals surface area contributed by atoms with Crippen LogP contribution in [0, 0.1) is 0 Å². The molecule has 0 unspecified atom stereocenters. The van der Waals surface area contributed by atoms with E-state index in [1.807, 2.05) is 24.3 Å². The Kier molecular flexibility index (Phi) is 5.75. The first-order chi connectivity index (χ1) is 10.6. The van der Waals surface area contributed by atoms with Crippen molar-refractivity contribution in [2.24, 2.45) is 0 Å². The Morgan fingerprint density at radius 1 is 1.41 bits per heavy atom. The summed E-state index contributed by atoms with van der Waals surface area (Å²) in [7, 11) is 1.37. The summed E-state index contributed by atoms with van der Waals surface area (Å²) in [6.07, 6.45) is 2.14. The van der Waals surface area contributed by atoms with Crippen molar-refractivity contribution in [3.05, 3.63) is 58.9 Å². The summed E-state index contributed by atoms with van der Waals surface area (Å²) in [6, 6.07) is 10.4. The lowest BCUT2D eigenvalue weighted by Gasteiger charge is -2.17. The molecule has 0 aliphatic carbocycles. The van der Waals surface area contributed by atoms with Crippen LogP contribution in [0.4, 0.5) is 5.69 Å². The van der Waals surface area contributed by atoms with Gasteiger partial charge in [0.05, 0.1) is 7.11 Å². The van der Waals surface area contributed by atoms with Crippen LogP contribution in [0.5, 0.6) is 0 Å². The molecule has 0 fully saturated rings. The molecular weight excluding hydrogens is 302 g/mol. The standard InChI is InChI=1S/C16H18ClN3O2/c1-22-16(21)15(9-13-4-2-3-7-19-13)20-10-11-5-6-12(17)8-14(11)18/h2-8,15,20H,9-10,18H2,1H3/t15-/m1/s1. The number of rotatable bonds is 6. The fraction of sp³-hybridized carbons (Fsp3) is 0.250. The summed E-state index contributed by atoms with van der Waals surface area (Å²) >= 11 is 5.88. The van der Waals surface area contributed by atoms with Crippen LogP contribution < -0.4 is 11.1 Å². The summed E-state index contributed by atoms with van der Waals surface area (Å²) in [4.78, 5) is 16.1. The van der Waals surface area contributed by atoms with Crippen molar-refractivity contribution in [3.8, 4) is 0 Å². The highest BCUT2D eigenvalue weighted by Crippen LogP contribution is 2.18. The highest BCUT2D eigenvalue weighted by Gasteiger charge is 2.20. The van der Waals surface area contributed by atoms with Crippen LogP contribution in [0.1, 0.15) is 11.3 Å². The average molecular weight is 320 g/mol. The third-order valence-electron chi connectivity index (χ3n) is 3.27. The number of methoxy groups -OCH3 is 1. The molecule has 0 radical (unpaired) electrons. The lowest BCUT2D eigenvalue weighted by molar-refractivity contribution is -0.143. The summed E-state index contributed by atoms with van der Waals surface area (Å²) in [5.41, 5.74) is 8.19. The van der Waals surface area contributed by atoms with E-state index in [-0.39, 0.29) is 5.97 Å². The molecule has 1 aromatic heterocycles. The van der Waals surface area contributed by atoms with Gasteiger partial charge in [-0.15, -0.1) is 0 Å². The Hall–Kier alpha value is -2.11. The van der Waals surface area contributed by atoms with Crippen LogP contribution in [0.15, 0.2) is 42.6 Å². The van der Waals surface area contributed by atoms with Gasteiger partial charge in [0.2, 0.25) is 0 Å². The van der Waals surface area contributed by atoms with Gasteiger partial charge < -0.3 is 10.5 Å². The number of halogens is 1. The molecular formula is C16H18ClN3O2. The van der Waals surface area contributed by atoms with Crippen molar-refractivity contribution in [2.45, 2.75) is 19.0 Å². The van der Waals surface area contributed by atoms with Gasteiger partial charge in [-0.2, -0.15) is 0 Å². The van der Waals surface area contributed by atoms with Crippen LogP contribution in [0.25, 0.3) is 0 Å². The highest BCUT2D eigenvalue weighted by molar-refractivity contribution is 6.30. The van der Waals surface area contributed by atoms with Crippen molar-refractivity contribution in [3.63, 3.8) is 0 Å². The van der Waals surface area contributed by atoms with Crippen LogP contribution in [-0.4, -0.2) is 24.1 Å². The molecule has 22 heavy (non-hydrogen) atoms. The molecule has 5 nitrogen and oxygen atoms in total. The van der Waals surface area contributed by atoms with Gasteiger partial charge in [0.15, 0.2) is 0 Å². The quantitative estimate of drug-likeness (QED) is 0.630. The molecule has 6 heteroatoms. The lowest BCUT2D eigenvalue weighted by atomic mass is 10.1. The number of ether oxygens (including phenoxy) is 1. The summed E-state index contributed by atoms with van der Waals surface area (Å²) < 4.78 is 4.84. The van der Waals surface area contributed by atoms with E-state index in [1.165, 1.54) is 7.11 Å². The van der Waals surface area contributed by atoms with Crippen molar-refractivity contribution < 1.29 is 9.53 Å². The molecule has 1 aromatic carbocycles. The number of nitrogens with one attached hydrogen (secondary N) is 1. The number of nitrogens with zero attached hydrogens (tertiary/aromatic N) is 1. The number of hydrogen-bond acceptors (Lipinski definition) is 5. The summed E-state index contributed by atoms with van der Waals surface area (Å²) in [5.74, 6) is -0.335. The molecule has 2 rings (SSSR count). The van der Waals surface area contributed by atoms with E-state index in [0.717, 1.165) is 11.3 Å². The Labute approximate surface area is 134 Å². The number of carbonyl (C=O) groups is 1. The van der Waals surface area contributed by atoms with E-state index in [0.29, 0.717) is 23.7 Å². The normalized spacial score (nSPS) is 11.9. The number of esters is 1. The van der Waals surface area contributed by atoms with Gasteiger partial charge in [-0.25, -0.2) is 0 Å². The average Bonchev–Trinajstić information content (AvgIpc) is 2.53. The molecule has 0 saturated heterocycles. The fourth-order valence-electron chi connectivity index (χ4n) is 2.07. The maximum absolute atomic E-state index is 11.9. The van der Waals surface area contributed by atoms with E-state index in [2.05, 4.69) is 10.3 Å². The molecule has 0 aliphatic rings. The molecule has 1 atom stereocenters. The van der Waals surface area contributed by atoms with Crippen LogP contribution in [0.3, 0.4) is 0 Å². The SMILES string of the molecule is COC(=O)[C@@H](Cc1ccccn1)NCc1ccc(Cl)cc1N. The third kappa shape index (κ3) is 4.44. The molecule has 3 N–H and O–H groups in total. The Morgan fingerprint density at radius 2 is 2.23 bits per heavy atom. The predicted octanol–water partition coefficient (Wildman–Crippen LogP) is 2.19. The van der Waals surface area contributed by atoms with Gasteiger partial charge >= 0.3 is 5.97 Å². The minimum absolute atomic E-state index is 0.335. The first-order valence-corrected chi connectivity index (χ1v) is 7.23. The highest BCUT2D eigenvalue weighted by atomic mass is 35.5. The topological polar surface area (TPSA) is 77.2 Å². The number of nitrogen functional groups attached to an aromatic ring is 1. The van der Waals surface area contributed by atoms with Gasteiger partial charge in [-0.3, -0.25) is 15.1 Å². The summed E-state index contributed by atoms with van der Waals surface area (Å²) in [6.45, 7) is 0.440. The second-order valence-corrected chi connectivity index (χ2v) is 5.26. The predicted molar refractivity (Wildman–Crippen MR) is 86.4 cm³/mol. The third-order valence-corrected chi connectivity index (χ3v) is 3.51. The van der Waals surface area contributed by atoms with Crippen LogP contribution >= 0.6 is 11.6 Å². The molecule has 116 valence electrons. The molecule has 0 aliphatic heterocycles. The lowest BCUT2D eigenvalue weighted by Crippen LogP contribution is -2.39. The molecule has 2 aromatic rings. The Bertz CT molecular complexity index is 635. The van der Waals surface area contributed by atoms with Gasteiger partial charge in [0.1, 0.15) is 6.04 Å². The zero-order chi connectivity index (χ0) is 15.9. The number of pyridine rings is 1. The fourth-order valence-corrected chi connectivity index (χ4v) is 2.25. The van der Waals surface area contributed by atoms with Crippen molar-refractivity contribution in [1.29, 1.82) is 0 Å². The van der Waals surface area contributed by atoms with Gasteiger partial charge in [0, 0.05) is 35.6 Å². The molecule has 1 heterocycles. The summed E-state index contributed by atoms with van der Waals surface area (Å²) in [5, 5.41) is 3.74. The van der Waals surface area contributed by atoms with Gasteiger partial charge in [-0.1, -0.05) is 23.7 Å². The second-order valence-electron chi connectivity index (χ2n) is 4.82. The first-order valence-electron chi connectivity index (χ1n) is 6.85. The molecule has 0 amide bonds. The zero-order valence-corrected chi connectivity index (χ0v) is 13.0. The molecule has 0 spiro atoms. The van der Waals surface area contributed by atoms with Gasteiger partial charge in [0.25, 0.3) is 0 Å². The van der Waals surface area contributed by atoms with Crippen LogP contribution in [0.2, 0.25) is 5.02 Å². The number of nitrogens with two attached hydrogens (primary N) is 1. The van der Waals surface area contributed by atoms with E-state index in [1.54, 1.807) is 18.3 Å². The van der Waals surface area contributed by atoms with E-state index in [4.69, 9.17) is 22.1 Å². The minimum atomic E-state index is -0.491. The number of anilines is 1. The number of aromatic nitrogens is 1. The van der Waals surface area contributed by atoms with Crippen molar-refractivity contribution in [2.75, 3.05) is 12.8 Å². The number of benzene rings is 1. The van der Waals surface area contributed by atoms with Crippen molar-refractivity contribution in [1.82, 2.24) is 10.3 Å². The minimum Gasteiger partial charge on any atom is -0.468 e. The first kappa shape index (κ1) is 16.3. The largest absolute Gasteiger partial charge is 0.468 e. The monoisotopic (exact) mass is 319 g/mol. The van der Waals surface area contributed by atoms with Gasteiger partial charge in [-0.05, 0) is 29.8 Å². The Balaban J connectivity index is 2.05. The molecule has 0 saturated carbocycles. The van der Waals surface area contributed by atoms with Crippen molar-refractivity contribution >= 4 is 23.3 Å². The smallest absolute Gasteiger partial charge is 0.323 e. The van der Waals surface area contributed by atoms with E-state index < -0.39 is 6.04 Å². The maximum Gasteiger partial charge on any atom is 0.323 e. The Morgan fingerprint density at radius 3 is 2.86 bits per heavy atom. The molecule has 0 bridgehead atoms. The maximum atomic E-state index is 11.9. The van der Waals surface area contributed by atoms with Crippen LogP contribution in [-0.2, 0) is 22.5 Å².